The number of anilines is 1. The molecule has 0 spiro atoms. The van der Waals surface area contributed by atoms with E-state index in [1.165, 1.54) is 0 Å². The lowest BCUT2D eigenvalue weighted by molar-refractivity contribution is 0.0944. The highest BCUT2D eigenvalue weighted by molar-refractivity contribution is 5.92. The minimum Gasteiger partial charge on any atom is -0.450 e. The third-order valence-corrected chi connectivity index (χ3v) is 4.45. The summed E-state index contributed by atoms with van der Waals surface area (Å²) in [6.45, 7) is 10.2. The number of ether oxygens (including phenoxy) is 1. The molecule has 8 nitrogen and oxygen atoms in total. The Kier molecular flexibility index (Phi) is 7.82. The zero-order chi connectivity index (χ0) is 19.8. The van der Waals surface area contributed by atoms with Crippen LogP contribution in [0.4, 0.5) is 10.7 Å². The molecule has 1 aliphatic heterocycles. The fourth-order valence-corrected chi connectivity index (χ4v) is 2.92. The minimum atomic E-state index is -0.261. The van der Waals surface area contributed by atoms with Gasteiger partial charge >= 0.3 is 6.09 Å². The molecule has 2 amide bonds. The molecule has 27 heavy (non-hydrogen) atoms. The second kappa shape index (κ2) is 10.1. The monoisotopic (exact) mass is 377 g/mol. The quantitative estimate of drug-likeness (QED) is 0.758. The number of likely N-dealkylation sites (tertiary alicyclic amines) is 1. The summed E-state index contributed by atoms with van der Waals surface area (Å²) in [5, 5.41) is 6.21. The molecular weight excluding hydrogens is 346 g/mol. The molecule has 2 heterocycles. The number of nitrogens with zero attached hydrogens (tertiary/aromatic N) is 3. The van der Waals surface area contributed by atoms with E-state index in [-0.39, 0.29) is 18.0 Å². The number of piperidine rings is 1. The summed E-state index contributed by atoms with van der Waals surface area (Å²) in [7, 11) is 0. The number of nitrogens with one attached hydrogen (secondary N) is 2. The second-order valence-electron chi connectivity index (χ2n) is 7.26. The minimum absolute atomic E-state index is 0.161. The van der Waals surface area contributed by atoms with Crippen LogP contribution < -0.4 is 10.6 Å². The Hall–Kier alpha value is -2.38. The standard InChI is InChI=1S/C19H31N5O3/c1-5-27-19(26)24-10-7-15(8-11-24)22-18-21-14(4)12-16(23-18)17(25)20-9-6-13(2)3/h12-13,15H,5-11H2,1-4H3,(H,20,25)(H,21,22,23). The first-order valence-electron chi connectivity index (χ1n) is 9.71. The van der Waals surface area contributed by atoms with E-state index in [9.17, 15) is 9.59 Å². The molecule has 1 aromatic heterocycles. The molecule has 0 radical (unpaired) electrons. The Morgan fingerprint density at radius 2 is 2.00 bits per heavy atom. The van der Waals surface area contributed by atoms with Crippen LogP contribution in [0.3, 0.4) is 0 Å². The zero-order valence-electron chi connectivity index (χ0n) is 16.7. The topological polar surface area (TPSA) is 96.5 Å². The largest absolute Gasteiger partial charge is 0.450 e. The van der Waals surface area contributed by atoms with E-state index >= 15 is 0 Å². The second-order valence-corrected chi connectivity index (χ2v) is 7.26. The number of amides is 2. The van der Waals surface area contributed by atoms with E-state index in [0.29, 0.717) is 43.8 Å². The van der Waals surface area contributed by atoms with Crippen molar-refractivity contribution < 1.29 is 14.3 Å². The summed E-state index contributed by atoms with van der Waals surface area (Å²) in [6.07, 6.45) is 2.24. The van der Waals surface area contributed by atoms with Crippen molar-refractivity contribution in [2.24, 2.45) is 5.92 Å². The van der Waals surface area contributed by atoms with Gasteiger partial charge in [-0.25, -0.2) is 14.8 Å². The van der Waals surface area contributed by atoms with Crippen LogP contribution in [0.15, 0.2) is 6.07 Å². The van der Waals surface area contributed by atoms with Gasteiger partial charge in [0.25, 0.3) is 5.91 Å². The van der Waals surface area contributed by atoms with Crippen molar-refractivity contribution in [1.82, 2.24) is 20.2 Å². The van der Waals surface area contributed by atoms with Gasteiger partial charge in [0.2, 0.25) is 5.95 Å². The fraction of sp³-hybridized carbons (Fsp3) is 0.684. The molecule has 0 saturated carbocycles. The van der Waals surface area contributed by atoms with Crippen molar-refractivity contribution >= 4 is 17.9 Å². The summed E-state index contributed by atoms with van der Waals surface area (Å²) in [5.74, 6) is 0.815. The Balaban J connectivity index is 1.91. The highest BCUT2D eigenvalue weighted by atomic mass is 16.6. The zero-order valence-corrected chi connectivity index (χ0v) is 16.7. The van der Waals surface area contributed by atoms with Crippen LogP contribution in [-0.2, 0) is 4.74 Å². The predicted octanol–water partition coefficient (Wildman–Crippen LogP) is 2.59. The van der Waals surface area contributed by atoms with E-state index in [1.54, 1.807) is 17.9 Å². The lowest BCUT2D eigenvalue weighted by atomic mass is 10.1. The molecule has 0 atom stereocenters. The maximum Gasteiger partial charge on any atom is 0.409 e. The SMILES string of the molecule is CCOC(=O)N1CCC(Nc2nc(C)cc(C(=O)NCCC(C)C)n2)CC1. The maximum absolute atomic E-state index is 12.3. The van der Waals surface area contributed by atoms with Crippen molar-refractivity contribution in [1.29, 1.82) is 0 Å². The van der Waals surface area contributed by atoms with Crippen molar-refractivity contribution in [3.8, 4) is 0 Å². The average molecular weight is 377 g/mol. The third-order valence-electron chi connectivity index (χ3n) is 4.45. The van der Waals surface area contributed by atoms with E-state index < -0.39 is 0 Å². The lowest BCUT2D eigenvalue weighted by Gasteiger charge is -2.31. The van der Waals surface area contributed by atoms with Crippen LogP contribution in [0.25, 0.3) is 0 Å². The maximum atomic E-state index is 12.3. The number of rotatable bonds is 7. The molecule has 2 rings (SSSR count). The molecule has 1 aromatic rings. The van der Waals surface area contributed by atoms with Gasteiger partial charge in [0.1, 0.15) is 5.69 Å². The van der Waals surface area contributed by atoms with Gasteiger partial charge in [-0.05, 0) is 45.1 Å². The van der Waals surface area contributed by atoms with Crippen molar-refractivity contribution in [3.05, 3.63) is 17.5 Å². The molecule has 8 heteroatoms. The van der Waals surface area contributed by atoms with Gasteiger partial charge in [0.15, 0.2) is 0 Å². The van der Waals surface area contributed by atoms with Gasteiger partial charge < -0.3 is 20.3 Å². The van der Waals surface area contributed by atoms with Crippen molar-refractivity contribution in [3.63, 3.8) is 0 Å². The molecule has 0 aliphatic carbocycles. The van der Waals surface area contributed by atoms with Crippen molar-refractivity contribution in [2.45, 2.75) is 53.0 Å². The number of hydrogen-bond acceptors (Lipinski definition) is 6. The van der Waals surface area contributed by atoms with Gasteiger partial charge in [-0.15, -0.1) is 0 Å². The predicted molar refractivity (Wildman–Crippen MR) is 104 cm³/mol. The van der Waals surface area contributed by atoms with Crippen LogP contribution in [0.1, 0.15) is 56.2 Å². The molecule has 150 valence electrons. The molecule has 1 saturated heterocycles. The summed E-state index contributed by atoms with van der Waals surface area (Å²) < 4.78 is 5.04. The van der Waals surface area contributed by atoms with Crippen LogP contribution >= 0.6 is 0 Å². The fourth-order valence-electron chi connectivity index (χ4n) is 2.92. The average Bonchev–Trinajstić information content (AvgIpc) is 2.61. The van der Waals surface area contributed by atoms with Crippen molar-refractivity contribution in [2.75, 3.05) is 31.6 Å². The molecule has 0 aromatic carbocycles. The Labute approximate surface area is 161 Å². The summed E-state index contributed by atoms with van der Waals surface area (Å²) in [4.78, 5) is 34.6. The molecule has 2 N–H and O–H groups in total. The van der Waals surface area contributed by atoms with Gasteiger partial charge in [-0.2, -0.15) is 0 Å². The first kappa shape index (κ1) is 20.9. The van der Waals surface area contributed by atoms with Crippen LogP contribution in [0, 0.1) is 12.8 Å². The van der Waals surface area contributed by atoms with Crippen LogP contribution in [-0.4, -0.2) is 59.2 Å². The van der Waals surface area contributed by atoms with E-state index in [0.717, 1.165) is 25.0 Å². The van der Waals surface area contributed by atoms with E-state index in [4.69, 9.17) is 4.74 Å². The van der Waals surface area contributed by atoms with Gasteiger partial charge in [-0.1, -0.05) is 13.8 Å². The number of carbonyl (C=O) groups is 2. The molecule has 0 unspecified atom stereocenters. The summed E-state index contributed by atoms with van der Waals surface area (Å²) in [5.41, 5.74) is 1.11. The van der Waals surface area contributed by atoms with E-state index in [2.05, 4.69) is 34.4 Å². The number of aromatic nitrogens is 2. The molecule has 1 aliphatic rings. The number of carbonyl (C=O) groups excluding carboxylic acids is 2. The smallest absolute Gasteiger partial charge is 0.409 e. The summed E-state index contributed by atoms with van der Waals surface area (Å²) >= 11 is 0. The molecule has 0 bridgehead atoms. The number of aryl methyl sites for hydroxylation is 1. The Bertz CT molecular complexity index is 642. The first-order chi connectivity index (χ1) is 12.9. The molecular formula is C19H31N5O3. The summed E-state index contributed by atoms with van der Waals surface area (Å²) in [6, 6.07) is 1.86. The van der Waals surface area contributed by atoms with Crippen LogP contribution in [0.5, 0.6) is 0 Å². The normalized spacial score (nSPS) is 14.9. The third kappa shape index (κ3) is 6.69. The Morgan fingerprint density at radius 3 is 2.63 bits per heavy atom. The van der Waals surface area contributed by atoms with Gasteiger partial charge in [0.05, 0.1) is 6.61 Å². The Morgan fingerprint density at radius 1 is 1.30 bits per heavy atom. The van der Waals surface area contributed by atoms with Crippen LogP contribution in [0.2, 0.25) is 0 Å². The lowest BCUT2D eigenvalue weighted by Crippen LogP contribution is -2.42. The number of hydrogen-bond donors (Lipinski definition) is 2. The van der Waals surface area contributed by atoms with Gasteiger partial charge in [0, 0.05) is 31.4 Å². The highest BCUT2D eigenvalue weighted by Crippen LogP contribution is 2.16. The highest BCUT2D eigenvalue weighted by Gasteiger charge is 2.24. The first-order valence-corrected chi connectivity index (χ1v) is 9.71. The van der Waals surface area contributed by atoms with E-state index in [1.807, 2.05) is 6.92 Å². The van der Waals surface area contributed by atoms with Gasteiger partial charge in [-0.3, -0.25) is 4.79 Å². The molecule has 1 fully saturated rings.